The van der Waals surface area contributed by atoms with E-state index in [1.807, 2.05) is 0 Å². The second-order valence-electron chi connectivity index (χ2n) is 18.0. The van der Waals surface area contributed by atoms with Crippen LogP contribution in [0.15, 0.2) is 4.99 Å². The summed E-state index contributed by atoms with van der Waals surface area (Å²) in [4.78, 5) is 16.5. The molecule has 0 radical (unpaired) electrons. The molecule has 1 saturated heterocycles. The highest BCUT2D eigenvalue weighted by Gasteiger charge is 2.61. The number of carbonyl (C=O) groups excluding carboxylic acids is 1. The number of rotatable bonds is 14. The van der Waals surface area contributed by atoms with Crippen molar-refractivity contribution in [1.82, 2.24) is 5.32 Å². The number of ether oxygens (including phenoxy) is 2. The van der Waals surface area contributed by atoms with Gasteiger partial charge in [0, 0.05) is 13.1 Å². The van der Waals surface area contributed by atoms with Gasteiger partial charge in [0.1, 0.15) is 24.4 Å². The summed E-state index contributed by atoms with van der Waals surface area (Å²) in [5.41, 5.74) is 17.5. The lowest BCUT2D eigenvalue weighted by Gasteiger charge is -2.61. The molecule has 4 aliphatic carbocycles. The van der Waals surface area contributed by atoms with Crippen molar-refractivity contribution in [1.29, 1.82) is 0 Å². The minimum absolute atomic E-state index is 0.00911. The molecule has 0 spiro atoms. The van der Waals surface area contributed by atoms with E-state index in [0.29, 0.717) is 36.1 Å². The molecule has 0 aromatic heterocycles. The Kier molecular flexibility index (Phi) is 13.2. The number of nitrogens with one attached hydrogen (secondary N) is 1. The predicted molar refractivity (Wildman–Crippen MR) is 196 cm³/mol. The summed E-state index contributed by atoms with van der Waals surface area (Å²) in [6.07, 6.45) is 9.55. The van der Waals surface area contributed by atoms with Crippen molar-refractivity contribution in [2.24, 2.45) is 74.4 Å². The van der Waals surface area contributed by atoms with Crippen molar-refractivity contribution in [2.45, 2.75) is 167 Å². The minimum Gasteiger partial charge on any atom is -0.388 e. The van der Waals surface area contributed by atoms with Gasteiger partial charge in [-0.2, -0.15) is 0 Å². The zero-order valence-electron chi connectivity index (χ0n) is 31.6. The van der Waals surface area contributed by atoms with Gasteiger partial charge in [-0.15, -0.1) is 0 Å². The number of aliphatic hydroxyl groups is 3. The maximum Gasteiger partial charge on any atom is 0.237 e. The van der Waals surface area contributed by atoms with Crippen LogP contribution in [-0.2, 0) is 14.3 Å². The summed E-state index contributed by atoms with van der Waals surface area (Å²) in [5.74, 6) is 5.04. The molecule has 15 atom stereocenters. The van der Waals surface area contributed by atoms with Crippen molar-refractivity contribution in [2.75, 3.05) is 13.1 Å². The Morgan fingerprint density at radius 1 is 0.900 bits per heavy atom. The van der Waals surface area contributed by atoms with Gasteiger partial charge in [0.05, 0.1) is 12.1 Å². The van der Waals surface area contributed by atoms with Gasteiger partial charge in [0.2, 0.25) is 5.91 Å². The highest BCUT2D eigenvalue weighted by Crippen LogP contribution is 2.68. The van der Waals surface area contributed by atoms with Gasteiger partial charge in [-0.3, -0.25) is 9.79 Å². The number of aliphatic hydroxyl groups excluding tert-OH is 3. The first-order valence-corrected chi connectivity index (χ1v) is 20.1. The molecule has 5 fully saturated rings. The Balaban J connectivity index is 1.14. The zero-order chi connectivity index (χ0) is 36.4. The summed E-state index contributed by atoms with van der Waals surface area (Å²) < 4.78 is 12.4. The zero-order valence-corrected chi connectivity index (χ0v) is 31.6. The van der Waals surface area contributed by atoms with Gasteiger partial charge in [-0.1, -0.05) is 53.9 Å². The average molecular weight is 706 g/mol. The lowest BCUT2D eigenvalue weighted by Crippen LogP contribution is -2.62. The number of nitrogens with zero attached hydrogens (tertiary/aromatic N) is 1. The van der Waals surface area contributed by atoms with Crippen LogP contribution in [0.5, 0.6) is 0 Å². The second-order valence-corrected chi connectivity index (χ2v) is 18.0. The first kappa shape index (κ1) is 39.7. The lowest BCUT2D eigenvalue weighted by molar-refractivity contribution is -0.311. The first-order chi connectivity index (χ1) is 23.7. The molecule has 4 saturated carbocycles. The quantitative estimate of drug-likeness (QED) is 0.0608. The van der Waals surface area contributed by atoms with E-state index in [1.165, 1.54) is 57.8 Å². The molecule has 1 amide bonds. The van der Waals surface area contributed by atoms with Crippen LogP contribution in [0, 0.1) is 52.3 Å². The number of hydrogen-bond acceptors (Lipinski definition) is 8. The Morgan fingerprint density at radius 3 is 2.34 bits per heavy atom. The van der Waals surface area contributed by atoms with Crippen molar-refractivity contribution in [3.05, 3.63) is 0 Å². The molecule has 1 unspecified atom stereocenters. The first-order valence-electron chi connectivity index (χ1n) is 20.1. The highest BCUT2D eigenvalue weighted by atomic mass is 16.7. The summed E-state index contributed by atoms with van der Waals surface area (Å²) in [6.45, 7) is 12.8. The molecule has 0 aromatic carbocycles. The van der Waals surface area contributed by atoms with Gasteiger partial charge in [0.25, 0.3) is 0 Å². The number of carbonyl (C=O) groups is 1. The molecular formula is C39H71N5O6. The van der Waals surface area contributed by atoms with Crippen molar-refractivity contribution < 1.29 is 29.6 Å². The average Bonchev–Trinajstić information content (AvgIpc) is 3.43. The number of nitrogens with two attached hydrogens (primary N) is 3. The molecule has 0 aromatic rings. The lowest BCUT2D eigenvalue weighted by atomic mass is 9.44. The number of aliphatic imine (C=N–C) groups is 1. The minimum atomic E-state index is -1.46. The van der Waals surface area contributed by atoms with Crippen molar-refractivity contribution in [3.63, 3.8) is 0 Å². The summed E-state index contributed by atoms with van der Waals surface area (Å²) in [7, 11) is 0. The number of fused-ring (bicyclic) bond motifs is 5. The molecule has 10 N–H and O–H groups in total. The van der Waals surface area contributed by atoms with Crippen LogP contribution in [0.2, 0.25) is 0 Å². The van der Waals surface area contributed by atoms with E-state index in [0.717, 1.165) is 54.8 Å². The van der Waals surface area contributed by atoms with Gasteiger partial charge < -0.3 is 47.3 Å². The van der Waals surface area contributed by atoms with E-state index >= 15 is 0 Å². The van der Waals surface area contributed by atoms with Crippen LogP contribution in [0.3, 0.4) is 0 Å². The summed E-state index contributed by atoms with van der Waals surface area (Å²) in [6, 6.07) is -0.782. The molecule has 11 nitrogen and oxygen atoms in total. The topological polar surface area (TPSA) is 199 Å². The van der Waals surface area contributed by atoms with Gasteiger partial charge in [0.15, 0.2) is 12.2 Å². The van der Waals surface area contributed by atoms with Crippen LogP contribution in [0.25, 0.3) is 0 Å². The SMILES string of the molecule is CC(C)CCC[C@@H](C)[C@H]1CC[C@H]2[C@@H]3CCC4C[C@@H](O[C@H]5O[C@H](CNC(=O)[C@@H](N)CCCN=C(N)N)[C@@H](O)[C@H](O)[C@H]5O)CC[C@]4(C)[C@H]3CC[C@]12C. The third-order valence-electron chi connectivity index (χ3n) is 14.6. The third kappa shape index (κ3) is 8.49. The van der Waals surface area contributed by atoms with Crippen LogP contribution < -0.4 is 22.5 Å². The van der Waals surface area contributed by atoms with Crippen LogP contribution in [0.1, 0.15) is 125 Å². The summed E-state index contributed by atoms with van der Waals surface area (Å²) in [5, 5.41) is 35.0. The molecule has 50 heavy (non-hydrogen) atoms. The van der Waals surface area contributed by atoms with E-state index < -0.39 is 42.7 Å². The Labute approximate surface area is 301 Å². The third-order valence-corrected chi connectivity index (χ3v) is 14.6. The Morgan fingerprint density at radius 2 is 1.62 bits per heavy atom. The normalized spacial score (nSPS) is 42.6. The van der Waals surface area contributed by atoms with E-state index in [2.05, 4.69) is 44.9 Å². The van der Waals surface area contributed by atoms with Gasteiger partial charge in [-0.25, -0.2) is 0 Å². The van der Waals surface area contributed by atoms with E-state index in [1.54, 1.807) is 0 Å². The van der Waals surface area contributed by atoms with Gasteiger partial charge >= 0.3 is 0 Å². The highest BCUT2D eigenvalue weighted by molar-refractivity contribution is 5.81. The fourth-order valence-corrected chi connectivity index (χ4v) is 11.7. The molecule has 1 aliphatic heterocycles. The van der Waals surface area contributed by atoms with Crippen LogP contribution in [0.4, 0.5) is 0 Å². The molecule has 11 heteroatoms. The van der Waals surface area contributed by atoms with E-state index in [4.69, 9.17) is 26.7 Å². The molecule has 1 heterocycles. The molecule has 5 aliphatic rings. The molecule has 288 valence electrons. The maximum atomic E-state index is 12.6. The summed E-state index contributed by atoms with van der Waals surface area (Å²) >= 11 is 0. The van der Waals surface area contributed by atoms with Gasteiger partial charge in [-0.05, 0) is 123 Å². The molecule has 5 rings (SSSR count). The molecular weight excluding hydrogens is 634 g/mol. The predicted octanol–water partition coefficient (Wildman–Crippen LogP) is 3.80. The van der Waals surface area contributed by atoms with Crippen molar-refractivity contribution >= 4 is 11.9 Å². The van der Waals surface area contributed by atoms with Crippen LogP contribution in [-0.4, -0.2) is 83.1 Å². The molecule has 0 bridgehead atoms. The Bertz CT molecular complexity index is 1150. The monoisotopic (exact) mass is 706 g/mol. The maximum absolute atomic E-state index is 12.6. The van der Waals surface area contributed by atoms with E-state index in [9.17, 15) is 20.1 Å². The smallest absolute Gasteiger partial charge is 0.237 e. The Hall–Kier alpha value is -1.50. The van der Waals surface area contributed by atoms with Crippen LogP contribution >= 0.6 is 0 Å². The largest absolute Gasteiger partial charge is 0.388 e. The van der Waals surface area contributed by atoms with E-state index in [-0.39, 0.29) is 18.6 Å². The fourth-order valence-electron chi connectivity index (χ4n) is 11.7. The fraction of sp³-hybridized carbons (Fsp3) is 0.949. The second kappa shape index (κ2) is 16.7. The standard InChI is InChI=1S/C39H71N5O6/c1-22(2)8-6-9-23(3)27-13-14-28-26-12-11-24-20-25(15-17-38(24,4)29(26)16-18-39(27,28)5)49-36-34(47)33(46)32(45)31(50-36)21-44-35(48)30(40)10-7-19-43-37(41)42/h22-34,36,45-47H,6-21,40H2,1-5H3,(H,44,48)(H4,41,42,43)/t23-,24?,25+,26+,27-,28+,29+,30+,31-,32-,33+,34-,36+,38+,39-/m1/s1. The number of amides is 1. The van der Waals surface area contributed by atoms with Crippen molar-refractivity contribution in [3.8, 4) is 0 Å². The number of hydrogen-bond donors (Lipinski definition) is 7. The number of guanidine groups is 1.